The fourth-order valence-electron chi connectivity index (χ4n) is 1.24. The fourth-order valence-corrected chi connectivity index (χ4v) is 1.53. The third-order valence-corrected chi connectivity index (χ3v) is 2.45. The van der Waals surface area contributed by atoms with Crippen LogP contribution in [0.4, 0.5) is 0 Å². The molecule has 9 heteroatoms. The quantitative estimate of drug-likeness (QED) is 0.651. The van der Waals surface area contributed by atoms with Crippen molar-refractivity contribution in [1.82, 2.24) is 5.32 Å². The van der Waals surface area contributed by atoms with Crippen LogP contribution in [-0.4, -0.2) is 17.8 Å². The molecule has 0 aliphatic rings. The van der Waals surface area contributed by atoms with Gasteiger partial charge in [0.1, 0.15) is 0 Å². The first-order valence-corrected chi connectivity index (χ1v) is 5.92. The average Bonchev–Trinajstić information content (AvgIpc) is 2.97. The Hall–Kier alpha value is -2.25. The predicted molar refractivity (Wildman–Crippen MR) is 70.9 cm³/mol. The number of nitrogens with zero attached hydrogens (tertiary/aromatic N) is 1. The molecule has 0 saturated carbocycles. The molecule has 2 rings (SSSR count). The van der Waals surface area contributed by atoms with Crippen molar-refractivity contribution < 1.29 is 18.4 Å². The summed E-state index contributed by atoms with van der Waals surface area (Å²) >= 11 is 11.0. The van der Waals surface area contributed by atoms with Crippen LogP contribution in [0.3, 0.4) is 0 Å². The van der Waals surface area contributed by atoms with Crippen molar-refractivity contribution >= 4 is 41.0 Å². The molecular formula is C11H7Cl2N3O4. The van der Waals surface area contributed by atoms with E-state index in [1.807, 2.05) is 0 Å². The Morgan fingerprint density at radius 1 is 1.05 bits per heavy atom. The number of nitrogens with one attached hydrogen (secondary N) is 1. The maximum Gasteiger partial charge on any atom is 0.315 e. The van der Waals surface area contributed by atoms with Crippen LogP contribution in [-0.2, 0) is 0 Å². The zero-order chi connectivity index (χ0) is 14.7. The molecule has 0 unspecified atom stereocenters. The van der Waals surface area contributed by atoms with E-state index in [1.54, 1.807) is 0 Å². The number of hydrogen-bond acceptors (Lipinski definition) is 4. The normalized spacial score (nSPS) is 11.4. The molecule has 0 aromatic carbocycles. The van der Waals surface area contributed by atoms with Crippen LogP contribution in [0.5, 0.6) is 0 Å². The maximum atomic E-state index is 11.6. The molecule has 2 aromatic heterocycles. The Balaban J connectivity index is 2.04. The smallest absolute Gasteiger partial charge is 0.315 e. The Kier molecular flexibility index (Phi) is 4.11. The Bertz CT molecular complexity index is 689. The molecule has 0 aliphatic carbocycles. The third kappa shape index (κ3) is 3.40. The SMILES string of the molecule is NC(=NC(=O)c1ccc(Cl)o1)NC(=O)c1ccc(Cl)o1. The molecule has 20 heavy (non-hydrogen) atoms. The summed E-state index contributed by atoms with van der Waals surface area (Å²) in [4.78, 5) is 26.6. The summed E-state index contributed by atoms with van der Waals surface area (Å²) in [6, 6.07) is 5.44. The topological polar surface area (TPSA) is 111 Å². The molecule has 0 atom stereocenters. The summed E-state index contributed by atoms with van der Waals surface area (Å²) in [5.41, 5.74) is 5.41. The van der Waals surface area contributed by atoms with Gasteiger partial charge in [0.25, 0.3) is 5.91 Å². The van der Waals surface area contributed by atoms with Crippen molar-refractivity contribution in [3.63, 3.8) is 0 Å². The lowest BCUT2D eigenvalue weighted by Gasteiger charge is -2.00. The standard InChI is InChI=1S/C11H7Cl2N3O4/c12-7-3-1-5(19-7)9(17)15-11(14)16-10(18)6-2-4-8(13)20-6/h1-4H,(H3,14,15,16,17,18). The molecule has 0 bridgehead atoms. The van der Waals surface area contributed by atoms with Crippen molar-refractivity contribution in [1.29, 1.82) is 0 Å². The first-order valence-electron chi connectivity index (χ1n) is 5.16. The Labute approximate surface area is 122 Å². The number of carbonyl (C=O) groups is 2. The molecule has 2 amide bonds. The zero-order valence-electron chi connectivity index (χ0n) is 9.72. The Morgan fingerprint density at radius 3 is 2.10 bits per heavy atom. The Morgan fingerprint density at radius 2 is 1.60 bits per heavy atom. The molecule has 0 fully saturated rings. The average molecular weight is 316 g/mol. The highest BCUT2D eigenvalue weighted by Gasteiger charge is 2.14. The van der Waals surface area contributed by atoms with E-state index in [1.165, 1.54) is 24.3 Å². The van der Waals surface area contributed by atoms with E-state index in [4.69, 9.17) is 37.8 Å². The molecule has 104 valence electrons. The first kappa shape index (κ1) is 14.2. The third-order valence-electron chi connectivity index (χ3n) is 2.04. The van der Waals surface area contributed by atoms with E-state index in [0.717, 1.165) is 0 Å². The number of hydrogen-bond donors (Lipinski definition) is 2. The van der Waals surface area contributed by atoms with Gasteiger partial charge in [-0.3, -0.25) is 14.9 Å². The van der Waals surface area contributed by atoms with E-state index in [0.29, 0.717) is 0 Å². The minimum absolute atomic E-state index is 0.0383. The van der Waals surface area contributed by atoms with Crippen LogP contribution in [0.1, 0.15) is 21.1 Å². The highest BCUT2D eigenvalue weighted by atomic mass is 35.5. The number of halogens is 2. The van der Waals surface area contributed by atoms with Gasteiger partial charge in [-0.05, 0) is 47.5 Å². The summed E-state index contributed by atoms with van der Waals surface area (Å²) in [6.07, 6.45) is 0. The number of furan rings is 2. The van der Waals surface area contributed by atoms with Crippen molar-refractivity contribution in [2.45, 2.75) is 0 Å². The largest absolute Gasteiger partial charge is 0.440 e. The van der Waals surface area contributed by atoms with Crippen molar-refractivity contribution in [2.24, 2.45) is 10.7 Å². The van der Waals surface area contributed by atoms with Crippen LogP contribution < -0.4 is 11.1 Å². The van der Waals surface area contributed by atoms with E-state index in [9.17, 15) is 9.59 Å². The van der Waals surface area contributed by atoms with Gasteiger partial charge in [0.05, 0.1) is 0 Å². The van der Waals surface area contributed by atoms with Gasteiger partial charge in [0, 0.05) is 0 Å². The summed E-state index contributed by atoms with van der Waals surface area (Å²) in [7, 11) is 0. The van der Waals surface area contributed by atoms with Gasteiger partial charge in [0.2, 0.25) is 5.96 Å². The molecule has 0 spiro atoms. The highest BCUT2D eigenvalue weighted by Crippen LogP contribution is 2.14. The van der Waals surface area contributed by atoms with Crippen LogP contribution in [0.2, 0.25) is 10.4 Å². The van der Waals surface area contributed by atoms with Crippen LogP contribution in [0.15, 0.2) is 38.1 Å². The van der Waals surface area contributed by atoms with Crippen LogP contribution in [0, 0.1) is 0 Å². The van der Waals surface area contributed by atoms with Gasteiger partial charge < -0.3 is 14.6 Å². The van der Waals surface area contributed by atoms with Crippen LogP contribution in [0.25, 0.3) is 0 Å². The lowest BCUT2D eigenvalue weighted by molar-refractivity contribution is 0.0949. The van der Waals surface area contributed by atoms with Crippen molar-refractivity contribution in [2.75, 3.05) is 0 Å². The second-order valence-electron chi connectivity index (χ2n) is 3.46. The number of carbonyl (C=O) groups excluding carboxylic acids is 2. The van der Waals surface area contributed by atoms with Gasteiger partial charge in [-0.2, -0.15) is 4.99 Å². The zero-order valence-corrected chi connectivity index (χ0v) is 11.2. The summed E-state index contributed by atoms with van der Waals surface area (Å²) in [5.74, 6) is -2.06. The maximum absolute atomic E-state index is 11.6. The molecule has 0 aliphatic heterocycles. The second-order valence-corrected chi connectivity index (χ2v) is 4.21. The lowest BCUT2D eigenvalue weighted by Crippen LogP contribution is -2.37. The lowest BCUT2D eigenvalue weighted by atomic mass is 10.4. The molecule has 2 heterocycles. The van der Waals surface area contributed by atoms with Gasteiger partial charge in [-0.15, -0.1) is 0 Å². The van der Waals surface area contributed by atoms with Gasteiger partial charge in [-0.1, -0.05) is 0 Å². The summed E-state index contributed by atoms with van der Waals surface area (Å²) in [6.45, 7) is 0. The first-order chi connectivity index (χ1) is 9.45. The minimum Gasteiger partial charge on any atom is -0.440 e. The monoisotopic (exact) mass is 315 g/mol. The summed E-state index contributed by atoms with van der Waals surface area (Å²) in [5, 5.41) is 2.24. The highest BCUT2D eigenvalue weighted by molar-refractivity contribution is 6.29. The number of amides is 2. The molecule has 3 N–H and O–H groups in total. The molecule has 7 nitrogen and oxygen atoms in total. The van der Waals surface area contributed by atoms with Gasteiger partial charge >= 0.3 is 5.91 Å². The van der Waals surface area contributed by atoms with E-state index >= 15 is 0 Å². The number of rotatable bonds is 2. The van der Waals surface area contributed by atoms with Gasteiger partial charge in [0.15, 0.2) is 22.0 Å². The van der Waals surface area contributed by atoms with E-state index in [-0.39, 0.29) is 22.0 Å². The summed E-state index contributed by atoms with van der Waals surface area (Å²) < 4.78 is 9.70. The fraction of sp³-hybridized carbons (Fsp3) is 0. The molecule has 2 aromatic rings. The predicted octanol–water partition coefficient (Wildman–Crippen LogP) is 2.06. The number of aliphatic imine (C=N–C) groups is 1. The molecular weight excluding hydrogens is 309 g/mol. The second kappa shape index (κ2) is 5.81. The molecule has 0 saturated heterocycles. The van der Waals surface area contributed by atoms with Gasteiger partial charge in [-0.25, -0.2) is 0 Å². The number of guanidine groups is 1. The van der Waals surface area contributed by atoms with E-state index in [2.05, 4.69) is 10.3 Å². The van der Waals surface area contributed by atoms with Crippen LogP contribution >= 0.6 is 23.2 Å². The van der Waals surface area contributed by atoms with Crippen molar-refractivity contribution in [3.05, 3.63) is 46.2 Å². The number of nitrogens with two attached hydrogens (primary N) is 1. The van der Waals surface area contributed by atoms with E-state index < -0.39 is 17.8 Å². The minimum atomic E-state index is -0.785. The molecule has 0 radical (unpaired) electrons. The van der Waals surface area contributed by atoms with Crippen molar-refractivity contribution in [3.8, 4) is 0 Å².